The highest BCUT2D eigenvalue weighted by Gasteiger charge is 2.17. The minimum atomic E-state index is -0.344. The van der Waals surface area contributed by atoms with Crippen LogP contribution in [0.15, 0.2) is 48.5 Å². The fourth-order valence-corrected chi connectivity index (χ4v) is 3.63. The largest absolute Gasteiger partial charge is 0.350 e. The summed E-state index contributed by atoms with van der Waals surface area (Å²) in [7, 11) is 0. The normalized spacial score (nSPS) is 11.9. The molecule has 2 N–H and O–H groups in total. The van der Waals surface area contributed by atoms with Crippen molar-refractivity contribution in [3.05, 3.63) is 64.7 Å². The van der Waals surface area contributed by atoms with E-state index in [1.807, 2.05) is 55.5 Å². The van der Waals surface area contributed by atoms with Crippen molar-refractivity contribution >= 4 is 33.4 Å². The van der Waals surface area contributed by atoms with Crippen LogP contribution in [0.5, 0.6) is 0 Å². The number of carbonyl (C=O) groups is 2. The van der Waals surface area contributed by atoms with Crippen molar-refractivity contribution in [2.75, 3.05) is 0 Å². The molecule has 1 atom stereocenters. The Hall–Kier alpha value is -2.73. The van der Waals surface area contributed by atoms with Gasteiger partial charge in [-0.05, 0) is 24.6 Å². The summed E-state index contributed by atoms with van der Waals surface area (Å²) < 4.78 is 1.10. The molecule has 0 aliphatic rings. The Balaban J connectivity index is 1.63. The Kier molecular flexibility index (Phi) is 5.63. The lowest BCUT2D eigenvalue weighted by atomic mass is 10.0. The molecule has 1 heterocycles. The molecule has 134 valence electrons. The first kappa shape index (κ1) is 18.1. The maximum absolute atomic E-state index is 12.4. The van der Waals surface area contributed by atoms with Crippen LogP contribution in [0.1, 0.15) is 35.5 Å². The van der Waals surface area contributed by atoms with E-state index in [2.05, 4.69) is 15.6 Å². The number of nitrogens with zero attached hydrogens (tertiary/aromatic N) is 1. The summed E-state index contributed by atoms with van der Waals surface area (Å²) in [5, 5.41) is 6.62. The molecule has 5 nitrogen and oxygen atoms in total. The predicted molar refractivity (Wildman–Crippen MR) is 104 cm³/mol. The molecule has 2 aromatic carbocycles. The molecule has 0 fully saturated rings. The number of nitrogens with one attached hydrogen (secondary N) is 2. The van der Waals surface area contributed by atoms with Crippen molar-refractivity contribution in [2.24, 2.45) is 0 Å². The van der Waals surface area contributed by atoms with E-state index in [1.54, 1.807) is 11.3 Å². The number of hydrogen-bond donors (Lipinski definition) is 2. The van der Waals surface area contributed by atoms with Crippen LogP contribution in [0.25, 0.3) is 10.2 Å². The van der Waals surface area contributed by atoms with Gasteiger partial charge in [0, 0.05) is 6.92 Å². The lowest BCUT2D eigenvalue weighted by molar-refractivity contribution is -0.122. The molecule has 0 saturated carbocycles. The Morgan fingerprint density at radius 1 is 1.12 bits per heavy atom. The molecule has 0 aliphatic heterocycles. The second-order valence-electron chi connectivity index (χ2n) is 6.22. The zero-order chi connectivity index (χ0) is 18.5. The van der Waals surface area contributed by atoms with Crippen LogP contribution in [0.3, 0.4) is 0 Å². The van der Waals surface area contributed by atoms with Gasteiger partial charge in [0.1, 0.15) is 5.01 Å². The highest BCUT2D eigenvalue weighted by Crippen LogP contribution is 2.22. The Morgan fingerprint density at radius 2 is 1.85 bits per heavy atom. The van der Waals surface area contributed by atoms with Crippen LogP contribution in [-0.2, 0) is 16.1 Å². The minimum absolute atomic E-state index is 0.122. The van der Waals surface area contributed by atoms with Crippen LogP contribution in [0.2, 0.25) is 0 Å². The highest BCUT2D eigenvalue weighted by molar-refractivity contribution is 7.18. The molecular formula is C20H21N3O2S. The summed E-state index contributed by atoms with van der Waals surface area (Å²) in [6.45, 7) is 3.85. The lowest BCUT2D eigenvalue weighted by Gasteiger charge is -2.18. The number of hydrogen-bond acceptors (Lipinski definition) is 4. The van der Waals surface area contributed by atoms with Gasteiger partial charge in [-0.25, -0.2) is 4.98 Å². The summed E-state index contributed by atoms with van der Waals surface area (Å²) in [4.78, 5) is 28.4. The van der Waals surface area contributed by atoms with Crippen molar-refractivity contribution in [1.29, 1.82) is 0 Å². The first-order valence-corrected chi connectivity index (χ1v) is 9.28. The number of thiazole rings is 1. The third-order valence-corrected chi connectivity index (χ3v) is 5.06. The third kappa shape index (κ3) is 4.67. The molecular weight excluding hydrogens is 346 g/mol. The molecule has 0 radical (unpaired) electrons. The topological polar surface area (TPSA) is 71.1 Å². The molecule has 0 bridgehead atoms. The highest BCUT2D eigenvalue weighted by atomic mass is 32.1. The van der Waals surface area contributed by atoms with Crippen molar-refractivity contribution in [3.63, 3.8) is 0 Å². The van der Waals surface area contributed by atoms with Gasteiger partial charge in [-0.1, -0.05) is 42.0 Å². The quantitative estimate of drug-likeness (QED) is 0.701. The van der Waals surface area contributed by atoms with Crippen LogP contribution in [0.4, 0.5) is 0 Å². The van der Waals surface area contributed by atoms with E-state index < -0.39 is 0 Å². The molecule has 0 saturated heterocycles. The standard InChI is InChI=1S/C20H21N3O2S/c1-13-7-9-15(10-8-13)17(22-14(2)24)11-19(25)21-12-20-23-16-5-3-4-6-18(16)26-20/h3-10,17H,11-12H2,1-2H3,(H,21,25)(H,22,24). The molecule has 26 heavy (non-hydrogen) atoms. The van der Waals surface area contributed by atoms with E-state index in [0.29, 0.717) is 6.54 Å². The molecule has 1 aromatic heterocycles. The summed E-state index contributed by atoms with van der Waals surface area (Å²) in [5.74, 6) is -0.280. The van der Waals surface area contributed by atoms with Crippen LogP contribution in [0, 0.1) is 6.92 Å². The first-order valence-electron chi connectivity index (χ1n) is 8.46. The maximum Gasteiger partial charge on any atom is 0.222 e. The summed E-state index contributed by atoms with van der Waals surface area (Å²) in [6, 6.07) is 15.4. The minimum Gasteiger partial charge on any atom is -0.350 e. The van der Waals surface area contributed by atoms with Gasteiger partial charge >= 0.3 is 0 Å². The van der Waals surface area contributed by atoms with E-state index >= 15 is 0 Å². The number of rotatable bonds is 6. The average molecular weight is 367 g/mol. The molecule has 6 heteroatoms. The van der Waals surface area contributed by atoms with Crippen molar-refractivity contribution < 1.29 is 9.59 Å². The van der Waals surface area contributed by atoms with Gasteiger partial charge in [0.15, 0.2) is 0 Å². The number of para-hydroxylation sites is 1. The monoisotopic (exact) mass is 367 g/mol. The molecule has 0 spiro atoms. The summed E-state index contributed by atoms with van der Waals surface area (Å²) in [6.07, 6.45) is 0.188. The molecule has 3 aromatic rings. The van der Waals surface area contributed by atoms with Gasteiger partial charge in [0.25, 0.3) is 0 Å². The number of benzene rings is 2. The SMILES string of the molecule is CC(=O)NC(CC(=O)NCc1nc2ccccc2s1)c1ccc(C)cc1. The maximum atomic E-state index is 12.4. The average Bonchev–Trinajstić information content (AvgIpc) is 3.03. The second-order valence-corrected chi connectivity index (χ2v) is 7.34. The van der Waals surface area contributed by atoms with Crippen molar-refractivity contribution in [1.82, 2.24) is 15.6 Å². The first-order chi connectivity index (χ1) is 12.5. The van der Waals surface area contributed by atoms with Crippen LogP contribution in [-0.4, -0.2) is 16.8 Å². The van der Waals surface area contributed by atoms with Gasteiger partial charge in [-0.2, -0.15) is 0 Å². The van der Waals surface area contributed by atoms with E-state index in [0.717, 1.165) is 26.4 Å². The lowest BCUT2D eigenvalue weighted by Crippen LogP contribution is -2.32. The molecule has 2 amide bonds. The zero-order valence-electron chi connectivity index (χ0n) is 14.8. The van der Waals surface area contributed by atoms with E-state index in [4.69, 9.17) is 0 Å². The summed E-state index contributed by atoms with van der Waals surface area (Å²) >= 11 is 1.57. The number of aryl methyl sites for hydroxylation is 1. The molecule has 1 unspecified atom stereocenters. The summed E-state index contributed by atoms with van der Waals surface area (Å²) in [5.41, 5.74) is 2.99. The Labute approximate surface area is 156 Å². The predicted octanol–water partition coefficient (Wildman–Crippen LogP) is 3.49. The molecule has 0 aliphatic carbocycles. The zero-order valence-corrected chi connectivity index (χ0v) is 15.6. The van der Waals surface area contributed by atoms with Crippen LogP contribution < -0.4 is 10.6 Å². The fourth-order valence-electron chi connectivity index (χ4n) is 2.72. The van der Waals surface area contributed by atoms with E-state index in [1.165, 1.54) is 6.92 Å². The van der Waals surface area contributed by atoms with Gasteiger partial charge < -0.3 is 10.6 Å². The van der Waals surface area contributed by atoms with E-state index in [-0.39, 0.29) is 24.3 Å². The number of aromatic nitrogens is 1. The number of amides is 2. The third-order valence-electron chi connectivity index (χ3n) is 4.02. The van der Waals surface area contributed by atoms with Gasteiger partial charge in [-0.15, -0.1) is 11.3 Å². The van der Waals surface area contributed by atoms with Gasteiger partial charge in [0.2, 0.25) is 11.8 Å². The van der Waals surface area contributed by atoms with Crippen LogP contribution >= 0.6 is 11.3 Å². The van der Waals surface area contributed by atoms with Gasteiger partial charge in [0.05, 0.1) is 29.2 Å². The Bertz CT molecular complexity index is 885. The van der Waals surface area contributed by atoms with Crippen molar-refractivity contribution in [3.8, 4) is 0 Å². The Morgan fingerprint density at radius 3 is 2.54 bits per heavy atom. The van der Waals surface area contributed by atoms with Crippen molar-refractivity contribution in [2.45, 2.75) is 32.9 Å². The van der Waals surface area contributed by atoms with Gasteiger partial charge in [-0.3, -0.25) is 9.59 Å². The number of fused-ring (bicyclic) bond motifs is 1. The fraction of sp³-hybridized carbons (Fsp3) is 0.250. The smallest absolute Gasteiger partial charge is 0.222 e. The second kappa shape index (κ2) is 8.10. The van der Waals surface area contributed by atoms with E-state index in [9.17, 15) is 9.59 Å². The molecule has 3 rings (SSSR count). The number of carbonyl (C=O) groups excluding carboxylic acids is 2.